The minimum Gasteiger partial charge on any atom is -0.377 e. The fraction of sp³-hybridized carbons (Fsp3) is 0.524. The van der Waals surface area contributed by atoms with Crippen molar-refractivity contribution in [3.63, 3.8) is 0 Å². The first-order valence-corrected chi connectivity index (χ1v) is 9.74. The number of ether oxygens (including phenoxy) is 1. The second kappa shape index (κ2) is 9.55. The van der Waals surface area contributed by atoms with E-state index in [1.165, 1.54) is 11.3 Å². The molecule has 2 amide bonds. The number of piperidine rings is 1. The van der Waals surface area contributed by atoms with Gasteiger partial charge in [-0.2, -0.15) is 0 Å². The molecule has 1 aliphatic rings. The fourth-order valence-electron chi connectivity index (χ4n) is 3.65. The molecule has 1 aliphatic heterocycles. The zero-order valence-corrected chi connectivity index (χ0v) is 16.4. The molecule has 27 heavy (non-hydrogen) atoms. The number of aromatic nitrogens is 2. The molecule has 0 radical (unpaired) electrons. The minimum atomic E-state index is 0.0586. The van der Waals surface area contributed by atoms with Crippen molar-refractivity contribution < 1.29 is 9.53 Å². The van der Waals surface area contributed by atoms with Crippen molar-refractivity contribution in [1.29, 1.82) is 0 Å². The Kier molecular flexibility index (Phi) is 6.87. The number of amides is 2. The predicted molar refractivity (Wildman–Crippen MR) is 106 cm³/mol. The number of urea groups is 1. The molecule has 0 aliphatic carbocycles. The van der Waals surface area contributed by atoms with Crippen molar-refractivity contribution in [2.45, 2.75) is 39.3 Å². The number of methoxy groups -OCH3 is 1. The van der Waals surface area contributed by atoms with Crippen LogP contribution in [-0.2, 0) is 24.3 Å². The van der Waals surface area contributed by atoms with Gasteiger partial charge in [0.25, 0.3) is 0 Å². The maximum atomic E-state index is 12.4. The molecule has 2 heterocycles. The monoisotopic (exact) mass is 370 g/mol. The summed E-state index contributed by atoms with van der Waals surface area (Å²) in [6, 6.07) is 10.3. The molecule has 2 aromatic rings. The first-order chi connectivity index (χ1) is 13.2. The van der Waals surface area contributed by atoms with Gasteiger partial charge in [-0.3, -0.25) is 0 Å². The minimum absolute atomic E-state index is 0.0586. The van der Waals surface area contributed by atoms with E-state index in [0.717, 1.165) is 44.7 Å². The number of likely N-dealkylation sites (tertiary alicyclic amines) is 1. The molecule has 0 unspecified atom stereocenters. The molecule has 1 aromatic heterocycles. The van der Waals surface area contributed by atoms with Gasteiger partial charge in [-0.05, 0) is 37.7 Å². The van der Waals surface area contributed by atoms with E-state index < -0.39 is 0 Å². The van der Waals surface area contributed by atoms with Gasteiger partial charge in [0, 0.05) is 45.2 Å². The lowest BCUT2D eigenvalue weighted by molar-refractivity contribution is 0.158. The van der Waals surface area contributed by atoms with Crippen LogP contribution in [0.25, 0.3) is 0 Å². The van der Waals surface area contributed by atoms with Gasteiger partial charge in [0.1, 0.15) is 12.4 Å². The van der Waals surface area contributed by atoms with Crippen LogP contribution in [0.4, 0.5) is 4.79 Å². The van der Waals surface area contributed by atoms with Gasteiger partial charge in [0.05, 0.1) is 0 Å². The Morgan fingerprint density at radius 2 is 2.00 bits per heavy atom. The van der Waals surface area contributed by atoms with Crippen molar-refractivity contribution in [3.8, 4) is 0 Å². The molecule has 1 aromatic carbocycles. The van der Waals surface area contributed by atoms with Crippen LogP contribution in [0.5, 0.6) is 0 Å². The molecule has 1 fully saturated rings. The summed E-state index contributed by atoms with van der Waals surface area (Å²) in [4.78, 5) is 18.8. The smallest absolute Gasteiger partial charge is 0.317 e. The molecule has 0 spiro atoms. The summed E-state index contributed by atoms with van der Waals surface area (Å²) in [5, 5.41) is 3.05. The zero-order valence-electron chi connectivity index (χ0n) is 16.4. The van der Waals surface area contributed by atoms with Gasteiger partial charge < -0.3 is 19.5 Å². The third-order valence-corrected chi connectivity index (χ3v) is 5.29. The van der Waals surface area contributed by atoms with E-state index in [1.54, 1.807) is 7.11 Å². The van der Waals surface area contributed by atoms with Gasteiger partial charge in [-0.25, -0.2) is 9.78 Å². The van der Waals surface area contributed by atoms with Gasteiger partial charge in [-0.15, -0.1) is 0 Å². The van der Waals surface area contributed by atoms with Crippen LogP contribution in [-0.4, -0.2) is 47.2 Å². The summed E-state index contributed by atoms with van der Waals surface area (Å²) >= 11 is 0. The Morgan fingerprint density at radius 1 is 1.26 bits per heavy atom. The molecule has 6 heteroatoms. The molecule has 0 atom stereocenters. The summed E-state index contributed by atoms with van der Waals surface area (Å²) in [5.41, 5.74) is 2.42. The van der Waals surface area contributed by atoms with Crippen LogP contribution in [0, 0.1) is 12.8 Å². The quantitative estimate of drug-likeness (QED) is 0.815. The van der Waals surface area contributed by atoms with Crippen LogP contribution in [0.3, 0.4) is 0 Å². The van der Waals surface area contributed by atoms with E-state index in [4.69, 9.17) is 4.74 Å². The number of hydrogen-bond donors (Lipinski definition) is 1. The standard InChI is InChI=1S/C21H30N4O2/c1-17-14-23-20(16-27-2)25(17)15-19-9-12-24(13-10-19)21(26)22-11-8-18-6-4-3-5-7-18/h3-7,14,19H,8-13,15-16H2,1-2H3,(H,22,26). The third-order valence-electron chi connectivity index (χ3n) is 5.29. The second-order valence-electron chi connectivity index (χ2n) is 7.26. The molecule has 0 bridgehead atoms. The van der Waals surface area contributed by atoms with Crippen molar-refractivity contribution >= 4 is 6.03 Å². The average molecular weight is 370 g/mol. The van der Waals surface area contributed by atoms with Gasteiger partial charge >= 0.3 is 6.03 Å². The van der Waals surface area contributed by atoms with Gasteiger partial charge in [0.15, 0.2) is 0 Å². The van der Waals surface area contributed by atoms with E-state index in [-0.39, 0.29) is 6.03 Å². The summed E-state index contributed by atoms with van der Waals surface area (Å²) in [7, 11) is 1.70. The molecular formula is C21H30N4O2. The van der Waals surface area contributed by atoms with Gasteiger partial charge in [-0.1, -0.05) is 30.3 Å². The highest BCUT2D eigenvalue weighted by atomic mass is 16.5. The Hall–Kier alpha value is -2.34. The molecule has 146 valence electrons. The number of benzene rings is 1. The number of rotatable bonds is 7. The maximum Gasteiger partial charge on any atom is 0.317 e. The maximum absolute atomic E-state index is 12.4. The number of carbonyl (C=O) groups is 1. The first-order valence-electron chi connectivity index (χ1n) is 9.74. The number of carbonyl (C=O) groups excluding carboxylic acids is 1. The molecular weight excluding hydrogens is 340 g/mol. The highest BCUT2D eigenvalue weighted by molar-refractivity contribution is 5.74. The van der Waals surface area contributed by atoms with Crippen molar-refractivity contribution in [3.05, 3.63) is 53.6 Å². The van der Waals surface area contributed by atoms with Gasteiger partial charge in [0.2, 0.25) is 0 Å². The van der Waals surface area contributed by atoms with Crippen LogP contribution in [0.2, 0.25) is 0 Å². The number of aryl methyl sites for hydroxylation is 1. The van der Waals surface area contributed by atoms with Crippen LogP contribution >= 0.6 is 0 Å². The van der Waals surface area contributed by atoms with E-state index in [2.05, 4.69) is 33.9 Å². The summed E-state index contributed by atoms with van der Waals surface area (Å²) in [6.07, 6.45) is 4.82. The molecule has 0 saturated carbocycles. The van der Waals surface area contributed by atoms with Crippen molar-refractivity contribution in [2.24, 2.45) is 5.92 Å². The van der Waals surface area contributed by atoms with Crippen molar-refractivity contribution in [2.75, 3.05) is 26.7 Å². The highest BCUT2D eigenvalue weighted by Crippen LogP contribution is 2.21. The van der Waals surface area contributed by atoms with Crippen molar-refractivity contribution in [1.82, 2.24) is 19.8 Å². The molecule has 1 saturated heterocycles. The normalized spacial score (nSPS) is 15.1. The zero-order chi connectivity index (χ0) is 19.1. The number of hydrogen-bond acceptors (Lipinski definition) is 3. The Bertz CT molecular complexity index is 721. The Morgan fingerprint density at radius 3 is 2.70 bits per heavy atom. The van der Waals surface area contributed by atoms with Crippen LogP contribution < -0.4 is 5.32 Å². The average Bonchev–Trinajstić information content (AvgIpc) is 3.03. The van der Waals surface area contributed by atoms with E-state index in [9.17, 15) is 4.79 Å². The predicted octanol–water partition coefficient (Wildman–Crippen LogP) is 3.00. The third kappa shape index (κ3) is 5.32. The van der Waals surface area contributed by atoms with E-state index in [0.29, 0.717) is 19.1 Å². The lowest BCUT2D eigenvalue weighted by Gasteiger charge is -2.32. The SMILES string of the molecule is COCc1ncc(C)n1CC1CCN(C(=O)NCCc2ccccc2)CC1. The summed E-state index contributed by atoms with van der Waals surface area (Å²) < 4.78 is 7.50. The summed E-state index contributed by atoms with van der Waals surface area (Å²) in [6.45, 7) is 5.88. The second-order valence-corrected chi connectivity index (χ2v) is 7.26. The fourth-order valence-corrected chi connectivity index (χ4v) is 3.65. The number of nitrogens with one attached hydrogen (secondary N) is 1. The van der Waals surface area contributed by atoms with Crippen LogP contribution in [0.15, 0.2) is 36.5 Å². The van der Waals surface area contributed by atoms with E-state index >= 15 is 0 Å². The number of nitrogens with zero attached hydrogens (tertiary/aromatic N) is 3. The number of imidazole rings is 1. The Labute approximate surface area is 161 Å². The molecule has 3 rings (SSSR count). The molecule has 6 nitrogen and oxygen atoms in total. The topological polar surface area (TPSA) is 59.4 Å². The lowest BCUT2D eigenvalue weighted by atomic mass is 9.96. The largest absolute Gasteiger partial charge is 0.377 e. The highest BCUT2D eigenvalue weighted by Gasteiger charge is 2.23. The first kappa shape index (κ1) is 19.4. The lowest BCUT2D eigenvalue weighted by Crippen LogP contribution is -2.45. The summed E-state index contributed by atoms with van der Waals surface area (Å²) in [5.74, 6) is 1.55. The Balaban J connectivity index is 1.42. The van der Waals surface area contributed by atoms with E-state index in [1.807, 2.05) is 29.3 Å². The molecule has 1 N–H and O–H groups in total. The van der Waals surface area contributed by atoms with Crippen LogP contribution in [0.1, 0.15) is 29.9 Å².